The molecular weight excluding hydrogens is 306 g/mol. The van der Waals surface area contributed by atoms with E-state index in [0.29, 0.717) is 0 Å². The minimum Gasteiger partial charge on any atom is -0.330 e. The third kappa shape index (κ3) is 2.80. The average molecular weight is 321 g/mol. The molecule has 0 aliphatic carbocycles. The topological polar surface area (TPSA) is 55.1 Å². The van der Waals surface area contributed by atoms with Crippen LogP contribution in [0.5, 0.6) is 0 Å². The molecule has 0 bridgehead atoms. The van der Waals surface area contributed by atoms with Crippen molar-refractivity contribution in [1.82, 2.24) is 19.6 Å². The minimum absolute atomic E-state index is 0.829. The molecular formula is C17H15N5S. The number of benzene rings is 1. The zero-order valence-corrected chi connectivity index (χ0v) is 13.6. The Labute approximate surface area is 137 Å². The molecule has 0 fully saturated rings. The van der Waals surface area contributed by atoms with Crippen LogP contribution in [0.25, 0.3) is 16.2 Å². The van der Waals surface area contributed by atoms with Crippen LogP contribution >= 0.6 is 11.3 Å². The highest BCUT2D eigenvalue weighted by molar-refractivity contribution is 7.20. The van der Waals surface area contributed by atoms with Gasteiger partial charge in [0.05, 0.1) is 11.9 Å². The van der Waals surface area contributed by atoms with Crippen LogP contribution < -0.4 is 5.32 Å². The van der Waals surface area contributed by atoms with Crippen molar-refractivity contribution in [2.75, 3.05) is 5.32 Å². The van der Waals surface area contributed by atoms with Gasteiger partial charge in [-0.2, -0.15) is 0 Å². The van der Waals surface area contributed by atoms with Gasteiger partial charge in [0.2, 0.25) is 10.1 Å². The largest absolute Gasteiger partial charge is 0.330 e. The van der Waals surface area contributed by atoms with Gasteiger partial charge in [0.15, 0.2) is 0 Å². The van der Waals surface area contributed by atoms with Gasteiger partial charge in [-0.1, -0.05) is 17.4 Å². The number of anilines is 2. The van der Waals surface area contributed by atoms with Crippen LogP contribution in [-0.2, 0) is 0 Å². The lowest BCUT2D eigenvalue weighted by Gasteiger charge is -2.04. The molecule has 6 heteroatoms. The van der Waals surface area contributed by atoms with E-state index in [4.69, 9.17) is 0 Å². The third-order valence-electron chi connectivity index (χ3n) is 3.47. The summed E-state index contributed by atoms with van der Waals surface area (Å²) in [6, 6.07) is 10.3. The molecule has 114 valence electrons. The zero-order chi connectivity index (χ0) is 15.8. The molecule has 0 aliphatic rings. The molecule has 4 aromatic rings. The number of fused-ring (bicyclic) bond motifs is 1. The summed E-state index contributed by atoms with van der Waals surface area (Å²) in [7, 11) is 0. The monoisotopic (exact) mass is 321 g/mol. The smallest absolute Gasteiger partial charge is 0.214 e. The highest BCUT2D eigenvalue weighted by atomic mass is 32.1. The summed E-state index contributed by atoms with van der Waals surface area (Å²) in [6.45, 7) is 4.18. The maximum atomic E-state index is 4.62. The van der Waals surface area contributed by atoms with E-state index in [-0.39, 0.29) is 0 Å². The zero-order valence-electron chi connectivity index (χ0n) is 12.8. The number of nitrogens with one attached hydrogen (secondary N) is 1. The number of imidazole rings is 1. The van der Waals surface area contributed by atoms with Crippen LogP contribution in [0.15, 0.2) is 48.9 Å². The first kappa shape index (κ1) is 13.9. The molecule has 5 nitrogen and oxygen atoms in total. The number of aryl methyl sites for hydroxylation is 2. The Morgan fingerprint density at radius 2 is 1.96 bits per heavy atom. The van der Waals surface area contributed by atoms with Crippen molar-refractivity contribution >= 4 is 27.1 Å². The van der Waals surface area contributed by atoms with Gasteiger partial charge in [-0.05, 0) is 49.2 Å². The maximum absolute atomic E-state index is 4.62. The van der Waals surface area contributed by atoms with E-state index in [1.54, 1.807) is 16.9 Å². The van der Waals surface area contributed by atoms with Crippen LogP contribution in [0.4, 0.5) is 10.8 Å². The SMILES string of the molecule is Cc1cc(C)cc(Nc2nn3cc(-c4cccnc4)nc3s2)c1. The maximum Gasteiger partial charge on any atom is 0.214 e. The second-order valence-corrected chi connectivity index (χ2v) is 6.46. The first-order chi connectivity index (χ1) is 11.2. The molecule has 0 radical (unpaired) electrons. The van der Waals surface area contributed by atoms with Crippen LogP contribution in [0.1, 0.15) is 11.1 Å². The van der Waals surface area contributed by atoms with E-state index in [9.17, 15) is 0 Å². The molecule has 0 unspecified atom stereocenters. The Hall–Kier alpha value is -2.73. The summed E-state index contributed by atoms with van der Waals surface area (Å²) < 4.78 is 1.80. The summed E-state index contributed by atoms with van der Waals surface area (Å²) >= 11 is 1.53. The van der Waals surface area contributed by atoms with Gasteiger partial charge in [0.25, 0.3) is 0 Å². The van der Waals surface area contributed by atoms with Gasteiger partial charge in [-0.25, -0.2) is 9.50 Å². The van der Waals surface area contributed by atoms with Crippen molar-refractivity contribution in [3.8, 4) is 11.3 Å². The highest BCUT2D eigenvalue weighted by Crippen LogP contribution is 2.26. The number of hydrogen-bond donors (Lipinski definition) is 1. The highest BCUT2D eigenvalue weighted by Gasteiger charge is 2.10. The molecule has 0 aliphatic heterocycles. The quantitative estimate of drug-likeness (QED) is 0.614. The Kier molecular flexibility index (Phi) is 3.31. The number of aromatic nitrogens is 4. The van der Waals surface area contributed by atoms with Crippen molar-refractivity contribution in [3.63, 3.8) is 0 Å². The van der Waals surface area contributed by atoms with Gasteiger partial charge >= 0.3 is 0 Å². The standard InChI is InChI=1S/C17H15N5S/c1-11-6-12(2)8-14(7-11)19-16-21-22-10-15(20-17(22)23-16)13-4-3-5-18-9-13/h3-10H,1-2H3,(H,19,21). The summed E-state index contributed by atoms with van der Waals surface area (Å²) in [6.07, 6.45) is 5.49. The second kappa shape index (κ2) is 5.48. The van der Waals surface area contributed by atoms with Crippen molar-refractivity contribution in [1.29, 1.82) is 0 Å². The van der Waals surface area contributed by atoms with E-state index in [1.165, 1.54) is 22.5 Å². The molecule has 1 aromatic carbocycles. The summed E-state index contributed by atoms with van der Waals surface area (Å²) in [5.74, 6) is 0. The van der Waals surface area contributed by atoms with Crippen molar-refractivity contribution in [3.05, 3.63) is 60.0 Å². The van der Waals surface area contributed by atoms with Crippen LogP contribution in [-0.4, -0.2) is 19.6 Å². The van der Waals surface area contributed by atoms with Gasteiger partial charge < -0.3 is 5.32 Å². The first-order valence-corrected chi connectivity index (χ1v) is 8.11. The summed E-state index contributed by atoms with van der Waals surface area (Å²) in [4.78, 5) is 9.60. The Morgan fingerprint density at radius 3 is 2.65 bits per heavy atom. The Morgan fingerprint density at radius 1 is 1.13 bits per heavy atom. The molecule has 0 spiro atoms. The lowest BCUT2D eigenvalue weighted by Crippen LogP contribution is -1.92. The average Bonchev–Trinajstić information content (AvgIpc) is 3.05. The van der Waals surface area contributed by atoms with E-state index in [2.05, 4.69) is 52.4 Å². The van der Waals surface area contributed by atoms with Gasteiger partial charge in [-0.3, -0.25) is 4.98 Å². The van der Waals surface area contributed by atoms with Crippen LogP contribution in [0.2, 0.25) is 0 Å². The van der Waals surface area contributed by atoms with Crippen molar-refractivity contribution in [2.45, 2.75) is 13.8 Å². The van der Waals surface area contributed by atoms with E-state index in [1.807, 2.05) is 18.3 Å². The number of hydrogen-bond acceptors (Lipinski definition) is 5. The van der Waals surface area contributed by atoms with Crippen LogP contribution in [0, 0.1) is 13.8 Å². The second-order valence-electron chi connectivity index (χ2n) is 5.50. The minimum atomic E-state index is 0.829. The number of pyridine rings is 1. The lowest BCUT2D eigenvalue weighted by molar-refractivity contribution is 0.978. The molecule has 0 atom stereocenters. The summed E-state index contributed by atoms with van der Waals surface area (Å²) in [5, 5.41) is 8.74. The molecule has 23 heavy (non-hydrogen) atoms. The molecule has 0 saturated carbocycles. The normalized spacial score (nSPS) is 11.0. The van der Waals surface area contributed by atoms with Crippen molar-refractivity contribution < 1.29 is 0 Å². The number of nitrogens with zero attached hydrogens (tertiary/aromatic N) is 4. The Balaban J connectivity index is 1.64. The molecule has 3 aromatic heterocycles. The van der Waals surface area contributed by atoms with Crippen molar-refractivity contribution in [2.24, 2.45) is 0 Å². The fourth-order valence-corrected chi connectivity index (χ4v) is 3.38. The van der Waals surface area contributed by atoms with Gasteiger partial charge in [0.1, 0.15) is 0 Å². The Bertz CT molecular complexity index is 919. The van der Waals surface area contributed by atoms with Gasteiger partial charge in [-0.15, -0.1) is 5.10 Å². The van der Waals surface area contributed by atoms with Crippen LogP contribution in [0.3, 0.4) is 0 Å². The predicted molar refractivity (Wildman–Crippen MR) is 93.3 cm³/mol. The molecule has 3 heterocycles. The predicted octanol–water partition coefficient (Wildman–Crippen LogP) is 4.21. The molecule has 0 saturated heterocycles. The van der Waals surface area contributed by atoms with Gasteiger partial charge in [0, 0.05) is 23.6 Å². The first-order valence-electron chi connectivity index (χ1n) is 7.29. The summed E-state index contributed by atoms with van der Waals surface area (Å²) in [5.41, 5.74) is 5.39. The number of rotatable bonds is 3. The molecule has 4 rings (SSSR count). The molecule has 0 amide bonds. The van der Waals surface area contributed by atoms with E-state index >= 15 is 0 Å². The fraction of sp³-hybridized carbons (Fsp3) is 0.118. The fourth-order valence-electron chi connectivity index (χ4n) is 2.57. The lowest BCUT2D eigenvalue weighted by atomic mass is 10.1. The van der Waals surface area contributed by atoms with E-state index in [0.717, 1.165) is 27.0 Å². The molecule has 1 N–H and O–H groups in total. The third-order valence-corrected chi connectivity index (χ3v) is 4.31. The van der Waals surface area contributed by atoms with E-state index < -0.39 is 0 Å².